The molecule has 2 fully saturated rings. The van der Waals surface area contributed by atoms with Crippen molar-refractivity contribution in [1.82, 2.24) is 10.2 Å². The molecular weight excluding hydrogens is 272 g/mol. The SMILES string of the molecule is CNC1(Cc2ccccc2)C(N(C)C)CCCC12CCCO2. The van der Waals surface area contributed by atoms with Crippen LogP contribution in [0.15, 0.2) is 30.3 Å². The van der Waals surface area contributed by atoms with E-state index < -0.39 is 0 Å². The highest BCUT2D eigenvalue weighted by molar-refractivity contribution is 5.25. The number of hydrogen-bond acceptors (Lipinski definition) is 3. The van der Waals surface area contributed by atoms with Crippen molar-refractivity contribution in [3.05, 3.63) is 35.9 Å². The zero-order valence-electron chi connectivity index (χ0n) is 14.3. The van der Waals surface area contributed by atoms with Crippen molar-refractivity contribution in [2.75, 3.05) is 27.7 Å². The fourth-order valence-corrected chi connectivity index (χ4v) is 4.98. The summed E-state index contributed by atoms with van der Waals surface area (Å²) in [4.78, 5) is 2.40. The number of nitrogens with one attached hydrogen (secondary N) is 1. The van der Waals surface area contributed by atoms with Crippen LogP contribution in [-0.2, 0) is 11.2 Å². The highest BCUT2D eigenvalue weighted by atomic mass is 16.5. The third-order valence-corrected chi connectivity index (χ3v) is 5.94. The molecule has 1 spiro atoms. The molecule has 22 heavy (non-hydrogen) atoms. The molecule has 1 aromatic rings. The van der Waals surface area contributed by atoms with Crippen LogP contribution in [-0.4, -0.2) is 49.8 Å². The van der Waals surface area contributed by atoms with E-state index in [1.165, 1.54) is 37.7 Å². The molecule has 3 nitrogen and oxygen atoms in total. The molecule has 3 rings (SSSR count). The van der Waals surface area contributed by atoms with Crippen molar-refractivity contribution in [3.8, 4) is 0 Å². The number of benzene rings is 1. The van der Waals surface area contributed by atoms with Gasteiger partial charge in [0.15, 0.2) is 0 Å². The molecule has 0 aromatic heterocycles. The largest absolute Gasteiger partial charge is 0.373 e. The van der Waals surface area contributed by atoms with Crippen LogP contribution >= 0.6 is 0 Å². The Balaban J connectivity index is 2.02. The summed E-state index contributed by atoms with van der Waals surface area (Å²) in [6.07, 6.45) is 7.11. The normalized spacial score (nSPS) is 35.4. The molecule has 122 valence electrons. The first-order valence-electron chi connectivity index (χ1n) is 8.67. The molecule has 0 radical (unpaired) electrons. The van der Waals surface area contributed by atoms with Crippen molar-refractivity contribution in [2.45, 2.75) is 55.7 Å². The van der Waals surface area contributed by atoms with E-state index in [1.807, 2.05) is 0 Å². The highest BCUT2D eigenvalue weighted by Crippen LogP contribution is 2.48. The molecule has 3 heteroatoms. The maximum Gasteiger partial charge on any atom is 0.0882 e. The van der Waals surface area contributed by atoms with Crippen molar-refractivity contribution >= 4 is 0 Å². The van der Waals surface area contributed by atoms with Gasteiger partial charge in [0.05, 0.1) is 11.1 Å². The first kappa shape index (κ1) is 16.0. The van der Waals surface area contributed by atoms with E-state index in [2.05, 4.69) is 61.7 Å². The quantitative estimate of drug-likeness (QED) is 0.925. The Kier molecular flexibility index (Phi) is 4.58. The summed E-state index contributed by atoms with van der Waals surface area (Å²) < 4.78 is 6.45. The predicted octanol–water partition coefficient (Wildman–Crippen LogP) is 2.85. The molecule has 3 unspecified atom stereocenters. The second-order valence-electron chi connectivity index (χ2n) is 7.20. The zero-order valence-corrected chi connectivity index (χ0v) is 14.3. The van der Waals surface area contributed by atoms with Crippen LogP contribution in [0.1, 0.15) is 37.7 Å². The number of likely N-dealkylation sites (N-methyl/N-ethyl adjacent to an activating group) is 2. The minimum atomic E-state index is -0.00915. The van der Waals surface area contributed by atoms with Gasteiger partial charge in [0.25, 0.3) is 0 Å². The molecule has 0 amide bonds. The molecule has 1 aliphatic carbocycles. The third-order valence-electron chi connectivity index (χ3n) is 5.94. The van der Waals surface area contributed by atoms with E-state index in [0.717, 1.165) is 13.0 Å². The molecule has 3 atom stereocenters. The van der Waals surface area contributed by atoms with Gasteiger partial charge in [-0.25, -0.2) is 0 Å². The Morgan fingerprint density at radius 1 is 1.18 bits per heavy atom. The molecule has 1 heterocycles. The predicted molar refractivity (Wildman–Crippen MR) is 91.2 cm³/mol. The average Bonchev–Trinajstić information content (AvgIpc) is 3.00. The van der Waals surface area contributed by atoms with Crippen LogP contribution in [0, 0.1) is 0 Å². The minimum absolute atomic E-state index is 0.00734. The third kappa shape index (κ3) is 2.49. The first-order chi connectivity index (χ1) is 10.6. The Morgan fingerprint density at radius 2 is 1.91 bits per heavy atom. The lowest BCUT2D eigenvalue weighted by Crippen LogP contribution is -2.73. The van der Waals surface area contributed by atoms with Crippen molar-refractivity contribution in [3.63, 3.8) is 0 Å². The molecule has 0 bridgehead atoms. The smallest absolute Gasteiger partial charge is 0.0882 e. The summed E-state index contributed by atoms with van der Waals surface area (Å²) in [6, 6.07) is 11.4. The number of hydrogen-bond donors (Lipinski definition) is 1. The van der Waals surface area contributed by atoms with E-state index in [-0.39, 0.29) is 11.1 Å². The second-order valence-corrected chi connectivity index (χ2v) is 7.20. The summed E-state index contributed by atoms with van der Waals surface area (Å²) in [5.41, 5.74) is 1.39. The Hall–Kier alpha value is -0.900. The minimum Gasteiger partial charge on any atom is -0.373 e. The van der Waals surface area contributed by atoms with Gasteiger partial charge >= 0.3 is 0 Å². The summed E-state index contributed by atoms with van der Waals surface area (Å²) in [7, 11) is 6.57. The fraction of sp³-hybridized carbons (Fsp3) is 0.684. The highest BCUT2D eigenvalue weighted by Gasteiger charge is 2.59. The summed E-state index contributed by atoms with van der Waals surface area (Å²) in [5, 5.41) is 3.76. The van der Waals surface area contributed by atoms with Crippen molar-refractivity contribution < 1.29 is 4.74 Å². The van der Waals surface area contributed by atoms with Crippen molar-refractivity contribution in [2.24, 2.45) is 0 Å². The summed E-state index contributed by atoms with van der Waals surface area (Å²) in [6.45, 7) is 0.915. The Morgan fingerprint density at radius 3 is 2.50 bits per heavy atom. The maximum absolute atomic E-state index is 6.45. The molecule has 1 N–H and O–H groups in total. The van der Waals surface area contributed by atoms with Crippen LogP contribution in [0.2, 0.25) is 0 Å². The molecule has 1 aromatic carbocycles. The van der Waals surface area contributed by atoms with Gasteiger partial charge in [-0.1, -0.05) is 30.3 Å². The lowest BCUT2D eigenvalue weighted by atomic mass is 9.62. The lowest BCUT2D eigenvalue weighted by Gasteiger charge is -2.57. The average molecular weight is 302 g/mol. The van der Waals surface area contributed by atoms with Gasteiger partial charge in [0, 0.05) is 12.6 Å². The van der Waals surface area contributed by atoms with Crippen LogP contribution < -0.4 is 5.32 Å². The van der Waals surface area contributed by atoms with Gasteiger partial charge in [-0.2, -0.15) is 0 Å². The Labute approximate surface area is 135 Å². The monoisotopic (exact) mass is 302 g/mol. The fourth-order valence-electron chi connectivity index (χ4n) is 4.98. The van der Waals surface area contributed by atoms with Gasteiger partial charge in [0.2, 0.25) is 0 Å². The van der Waals surface area contributed by atoms with Gasteiger partial charge in [0.1, 0.15) is 0 Å². The van der Waals surface area contributed by atoms with Crippen LogP contribution in [0.25, 0.3) is 0 Å². The molecule has 1 aliphatic heterocycles. The topological polar surface area (TPSA) is 24.5 Å². The Bertz CT molecular complexity index is 481. The van der Waals surface area contributed by atoms with Crippen LogP contribution in [0.4, 0.5) is 0 Å². The van der Waals surface area contributed by atoms with Gasteiger partial charge in [-0.05, 0) is 65.2 Å². The van der Waals surface area contributed by atoms with Gasteiger partial charge in [-0.15, -0.1) is 0 Å². The standard InChI is InChI=1S/C19H30N2O/c1-20-19(15-16-9-5-4-6-10-16)17(21(2)3)11-7-12-18(19)13-8-14-22-18/h4-6,9-10,17,20H,7-8,11-15H2,1-3H3. The molecule has 1 saturated heterocycles. The van der Waals surface area contributed by atoms with Crippen molar-refractivity contribution in [1.29, 1.82) is 0 Å². The van der Waals surface area contributed by atoms with Gasteiger partial charge in [-0.3, -0.25) is 0 Å². The molecular formula is C19H30N2O. The summed E-state index contributed by atoms with van der Waals surface area (Å²) >= 11 is 0. The molecule has 1 saturated carbocycles. The van der Waals surface area contributed by atoms with E-state index in [0.29, 0.717) is 6.04 Å². The number of nitrogens with zero attached hydrogens (tertiary/aromatic N) is 1. The second kappa shape index (κ2) is 6.31. The van der Waals surface area contributed by atoms with Crippen LogP contribution in [0.3, 0.4) is 0 Å². The lowest BCUT2D eigenvalue weighted by molar-refractivity contribution is -0.123. The summed E-state index contributed by atoms with van der Waals surface area (Å²) in [5.74, 6) is 0. The van der Waals surface area contributed by atoms with Gasteiger partial charge < -0.3 is 15.0 Å². The first-order valence-corrected chi connectivity index (χ1v) is 8.67. The van der Waals surface area contributed by atoms with Crippen LogP contribution in [0.5, 0.6) is 0 Å². The number of ether oxygens (including phenoxy) is 1. The maximum atomic E-state index is 6.45. The van der Waals surface area contributed by atoms with E-state index in [4.69, 9.17) is 4.74 Å². The van der Waals surface area contributed by atoms with E-state index in [9.17, 15) is 0 Å². The van der Waals surface area contributed by atoms with E-state index in [1.54, 1.807) is 0 Å². The van der Waals surface area contributed by atoms with E-state index >= 15 is 0 Å². The molecule has 2 aliphatic rings. The number of rotatable bonds is 4. The zero-order chi connectivity index (χ0) is 15.6.